The molecule has 0 radical (unpaired) electrons. The van der Waals surface area contributed by atoms with Crippen molar-refractivity contribution in [2.45, 2.75) is 13.3 Å². The lowest BCUT2D eigenvalue weighted by molar-refractivity contribution is 0.0941. The minimum atomic E-state index is -0.185. The third kappa shape index (κ3) is 3.92. The summed E-state index contributed by atoms with van der Waals surface area (Å²) in [5.41, 5.74) is 6.65. The van der Waals surface area contributed by atoms with Gasteiger partial charge in [-0.15, -0.1) is 0 Å². The molecular weight excluding hydrogens is 232 g/mol. The maximum Gasteiger partial charge on any atom is 0.255 e. The van der Waals surface area contributed by atoms with Gasteiger partial charge in [-0.05, 0) is 25.5 Å². The van der Waals surface area contributed by atoms with Crippen LogP contribution in [0.25, 0.3) is 0 Å². The summed E-state index contributed by atoms with van der Waals surface area (Å²) >= 11 is 0. The molecule has 0 heterocycles. The van der Waals surface area contributed by atoms with Gasteiger partial charge in [0.05, 0.1) is 18.4 Å². The molecule has 0 saturated carbocycles. The molecule has 0 aliphatic heterocycles. The van der Waals surface area contributed by atoms with Crippen molar-refractivity contribution in [1.82, 2.24) is 5.32 Å². The molecule has 3 N–H and O–H groups in total. The van der Waals surface area contributed by atoms with Crippen LogP contribution >= 0.6 is 0 Å². The third-order valence-electron chi connectivity index (χ3n) is 2.45. The van der Waals surface area contributed by atoms with Crippen LogP contribution in [-0.4, -0.2) is 32.8 Å². The van der Waals surface area contributed by atoms with Crippen LogP contribution in [0.3, 0.4) is 0 Å². The highest BCUT2D eigenvalue weighted by atomic mass is 16.5. The molecule has 5 heteroatoms. The van der Waals surface area contributed by atoms with Gasteiger partial charge < -0.3 is 20.5 Å². The Morgan fingerprint density at radius 3 is 2.89 bits per heavy atom. The summed E-state index contributed by atoms with van der Waals surface area (Å²) in [4.78, 5) is 11.9. The van der Waals surface area contributed by atoms with Crippen molar-refractivity contribution in [2.75, 3.05) is 32.6 Å². The third-order valence-corrected chi connectivity index (χ3v) is 2.45. The molecule has 0 aliphatic carbocycles. The average molecular weight is 252 g/mol. The second kappa shape index (κ2) is 7.55. The number of rotatable bonds is 7. The van der Waals surface area contributed by atoms with E-state index in [4.69, 9.17) is 15.2 Å². The SMILES string of the molecule is CCOCCCNC(=O)c1cccc(N)c1OC. The number of carbonyl (C=O) groups excluding carboxylic acids is 1. The van der Waals surface area contributed by atoms with Crippen molar-refractivity contribution in [2.24, 2.45) is 0 Å². The maximum absolute atomic E-state index is 11.9. The zero-order valence-electron chi connectivity index (χ0n) is 10.9. The summed E-state index contributed by atoms with van der Waals surface area (Å²) < 4.78 is 10.3. The minimum Gasteiger partial charge on any atom is -0.494 e. The fourth-order valence-electron chi connectivity index (χ4n) is 1.58. The highest BCUT2D eigenvalue weighted by Gasteiger charge is 2.13. The smallest absolute Gasteiger partial charge is 0.255 e. The first kappa shape index (κ1) is 14.3. The van der Waals surface area contributed by atoms with Gasteiger partial charge in [0.2, 0.25) is 0 Å². The molecule has 0 aliphatic rings. The first-order chi connectivity index (χ1) is 8.70. The molecule has 1 amide bonds. The lowest BCUT2D eigenvalue weighted by Gasteiger charge is -2.11. The Labute approximate surface area is 107 Å². The first-order valence-electron chi connectivity index (χ1n) is 5.99. The van der Waals surface area contributed by atoms with E-state index in [1.54, 1.807) is 18.2 Å². The Morgan fingerprint density at radius 1 is 1.44 bits per heavy atom. The topological polar surface area (TPSA) is 73.6 Å². The van der Waals surface area contributed by atoms with Crippen LogP contribution in [0.4, 0.5) is 5.69 Å². The number of benzene rings is 1. The number of ether oxygens (including phenoxy) is 2. The summed E-state index contributed by atoms with van der Waals surface area (Å²) in [7, 11) is 1.50. The largest absolute Gasteiger partial charge is 0.494 e. The van der Waals surface area contributed by atoms with E-state index in [-0.39, 0.29) is 5.91 Å². The van der Waals surface area contributed by atoms with E-state index in [1.165, 1.54) is 7.11 Å². The van der Waals surface area contributed by atoms with Gasteiger partial charge in [-0.25, -0.2) is 0 Å². The predicted octanol–water partition coefficient (Wildman–Crippen LogP) is 1.43. The van der Waals surface area contributed by atoms with E-state index in [9.17, 15) is 4.79 Å². The lowest BCUT2D eigenvalue weighted by atomic mass is 10.1. The Morgan fingerprint density at radius 2 is 2.22 bits per heavy atom. The highest BCUT2D eigenvalue weighted by molar-refractivity contribution is 5.98. The molecular formula is C13H20N2O3. The van der Waals surface area contributed by atoms with Gasteiger partial charge in [-0.3, -0.25) is 4.79 Å². The van der Waals surface area contributed by atoms with Gasteiger partial charge in [0.15, 0.2) is 5.75 Å². The van der Waals surface area contributed by atoms with Crippen molar-refractivity contribution < 1.29 is 14.3 Å². The van der Waals surface area contributed by atoms with E-state index in [0.717, 1.165) is 6.42 Å². The summed E-state index contributed by atoms with van der Waals surface area (Å²) in [6.07, 6.45) is 0.782. The number of amides is 1. The van der Waals surface area contributed by atoms with Crippen LogP contribution < -0.4 is 15.8 Å². The van der Waals surface area contributed by atoms with Gasteiger partial charge >= 0.3 is 0 Å². The number of para-hydroxylation sites is 1. The number of hydrogen-bond acceptors (Lipinski definition) is 4. The molecule has 0 fully saturated rings. The van der Waals surface area contributed by atoms with Crippen LogP contribution in [0.5, 0.6) is 5.75 Å². The fourth-order valence-corrected chi connectivity index (χ4v) is 1.58. The number of hydrogen-bond donors (Lipinski definition) is 2. The Bertz CT molecular complexity index is 394. The molecule has 1 aromatic carbocycles. The van der Waals surface area contributed by atoms with Crippen LogP contribution in [0.2, 0.25) is 0 Å². The van der Waals surface area contributed by atoms with Crippen molar-refractivity contribution >= 4 is 11.6 Å². The Kier molecular flexibility index (Phi) is 6.00. The normalized spacial score (nSPS) is 10.1. The van der Waals surface area contributed by atoms with E-state index in [1.807, 2.05) is 6.92 Å². The van der Waals surface area contributed by atoms with Crippen molar-refractivity contribution in [3.8, 4) is 5.75 Å². The number of carbonyl (C=O) groups is 1. The molecule has 5 nitrogen and oxygen atoms in total. The average Bonchev–Trinajstić information content (AvgIpc) is 2.38. The number of nitrogen functional groups attached to an aromatic ring is 1. The van der Waals surface area contributed by atoms with E-state index in [2.05, 4.69) is 5.32 Å². The van der Waals surface area contributed by atoms with Gasteiger partial charge in [0, 0.05) is 19.8 Å². The zero-order valence-corrected chi connectivity index (χ0v) is 10.9. The summed E-state index contributed by atoms with van der Waals surface area (Å²) in [5.74, 6) is 0.232. The lowest BCUT2D eigenvalue weighted by Crippen LogP contribution is -2.26. The molecule has 1 rings (SSSR count). The molecule has 0 unspecified atom stereocenters. The molecule has 0 atom stereocenters. The Balaban J connectivity index is 2.54. The summed E-state index contributed by atoms with van der Waals surface area (Å²) in [6, 6.07) is 5.12. The van der Waals surface area contributed by atoms with Crippen LogP contribution in [-0.2, 0) is 4.74 Å². The van der Waals surface area contributed by atoms with E-state index in [0.29, 0.717) is 36.8 Å². The molecule has 0 saturated heterocycles. The number of nitrogens with two attached hydrogens (primary N) is 1. The molecule has 18 heavy (non-hydrogen) atoms. The standard InChI is InChI=1S/C13H20N2O3/c1-3-18-9-5-8-15-13(16)10-6-4-7-11(14)12(10)17-2/h4,6-7H,3,5,8-9,14H2,1-2H3,(H,15,16). The van der Waals surface area contributed by atoms with Crippen LogP contribution in [0, 0.1) is 0 Å². The van der Waals surface area contributed by atoms with Crippen LogP contribution in [0.15, 0.2) is 18.2 Å². The van der Waals surface area contributed by atoms with Gasteiger partial charge in [0.25, 0.3) is 5.91 Å². The number of methoxy groups -OCH3 is 1. The van der Waals surface area contributed by atoms with Crippen LogP contribution in [0.1, 0.15) is 23.7 Å². The van der Waals surface area contributed by atoms with E-state index < -0.39 is 0 Å². The summed E-state index contributed by atoms with van der Waals surface area (Å²) in [6.45, 7) is 3.84. The number of nitrogens with one attached hydrogen (secondary N) is 1. The molecule has 0 bridgehead atoms. The van der Waals surface area contributed by atoms with Gasteiger partial charge in [0.1, 0.15) is 0 Å². The van der Waals surface area contributed by atoms with Crippen molar-refractivity contribution in [3.63, 3.8) is 0 Å². The Hall–Kier alpha value is -1.75. The monoisotopic (exact) mass is 252 g/mol. The zero-order chi connectivity index (χ0) is 13.4. The van der Waals surface area contributed by atoms with Gasteiger partial charge in [-0.2, -0.15) is 0 Å². The first-order valence-corrected chi connectivity index (χ1v) is 5.99. The molecule has 1 aromatic rings. The van der Waals surface area contributed by atoms with Gasteiger partial charge in [-0.1, -0.05) is 6.07 Å². The number of anilines is 1. The maximum atomic E-state index is 11.9. The van der Waals surface area contributed by atoms with Crippen molar-refractivity contribution in [1.29, 1.82) is 0 Å². The second-order valence-corrected chi connectivity index (χ2v) is 3.73. The predicted molar refractivity (Wildman–Crippen MR) is 70.8 cm³/mol. The molecule has 100 valence electrons. The highest BCUT2D eigenvalue weighted by Crippen LogP contribution is 2.25. The van der Waals surface area contributed by atoms with Crippen molar-refractivity contribution in [3.05, 3.63) is 23.8 Å². The molecule has 0 aromatic heterocycles. The summed E-state index contributed by atoms with van der Waals surface area (Å²) in [5, 5.41) is 2.81. The van der Waals surface area contributed by atoms with E-state index >= 15 is 0 Å². The fraction of sp³-hybridized carbons (Fsp3) is 0.462. The minimum absolute atomic E-state index is 0.185. The molecule has 0 spiro atoms. The second-order valence-electron chi connectivity index (χ2n) is 3.73. The quantitative estimate of drug-likeness (QED) is 0.569.